The Balaban J connectivity index is 2.11. The summed E-state index contributed by atoms with van der Waals surface area (Å²) in [4.78, 5) is 16.0. The Labute approximate surface area is 209 Å². The Morgan fingerprint density at radius 3 is 2.21 bits per heavy atom. The van der Waals surface area contributed by atoms with Gasteiger partial charge in [-0.15, -0.1) is 0 Å². The predicted molar refractivity (Wildman–Crippen MR) is 143 cm³/mol. The van der Waals surface area contributed by atoms with Crippen LogP contribution in [0.25, 0.3) is 0 Å². The molecule has 2 unspecified atom stereocenters. The van der Waals surface area contributed by atoms with Gasteiger partial charge in [-0.25, -0.2) is 4.79 Å². The Bertz CT molecular complexity index is 852. The van der Waals surface area contributed by atoms with Crippen molar-refractivity contribution >= 4 is 14.4 Å². The molecule has 1 saturated heterocycles. The number of likely N-dealkylation sites (tertiary alicyclic amines) is 1. The SMILES string of the molecule is C[C@H]1CC[C@H]([C@H](O[Si](C)(C)C(C)(C)C)c2ccccc2)N(C(=O)OC(C)(C)C)C2CC=CCC21. The van der Waals surface area contributed by atoms with E-state index in [4.69, 9.17) is 9.16 Å². The number of hydrogen-bond donors (Lipinski definition) is 0. The minimum atomic E-state index is -2.12. The summed E-state index contributed by atoms with van der Waals surface area (Å²) in [5, 5.41) is 0.0743. The van der Waals surface area contributed by atoms with E-state index in [0.29, 0.717) is 11.8 Å². The Morgan fingerprint density at radius 1 is 1.00 bits per heavy atom. The Morgan fingerprint density at radius 2 is 1.62 bits per heavy atom. The van der Waals surface area contributed by atoms with Gasteiger partial charge in [-0.05, 0) is 82.0 Å². The summed E-state index contributed by atoms with van der Waals surface area (Å²) in [5.41, 5.74) is 0.616. The molecule has 1 heterocycles. The number of carbonyl (C=O) groups is 1. The van der Waals surface area contributed by atoms with Crippen LogP contribution in [0.4, 0.5) is 4.79 Å². The lowest BCUT2D eigenvalue weighted by Crippen LogP contribution is -2.55. The van der Waals surface area contributed by atoms with Gasteiger partial charge in [-0.3, -0.25) is 4.90 Å². The van der Waals surface area contributed by atoms with Crippen LogP contribution in [0, 0.1) is 11.8 Å². The zero-order valence-electron chi connectivity index (χ0n) is 22.9. The maximum Gasteiger partial charge on any atom is 0.410 e. The van der Waals surface area contributed by atoms with Gasteiger partial charge in [-0.2, -0.15) is 0 Å². The largest absolute Gasteiger partial charge is 0.444 e. The molecule has 0 aromatic heterocycles. The lowest BCUT2D eigenvalue weighted by Gasteiger charge is -2.47. The fourth-order valence-electron chi connectivity index (χ4n) is 5.17. The van der Waals surface area contributed by atoms with Crippen LogP contribution in [0.3, 0.4) is 0 Å². The zero-order valence-corrected chi connectivity index (χ0v) is 23.9. The van der Waals surface area contributed by atoms with Crippen molar-refractivity contribution in [3.8, 4) is 0 Å². The van der Waals surface area contributed by atoms with E-state index in [-0.39, 0.29) is 29.3 Å². The third kappa shape index (κ3) is 6.15. The number of carbonyl (C=O) groups excluding carboxylic acids is 1. The first-order chi connectivity index (χ1) is 15.7. The second-order valence-electron chi connectivity index (χ2n) is 12.9. The quantitative estimate of drug-likeness (QED) is 0.319. The molecule has 1 aliphatic heterocycles. The first-order valence-corrected chi connectivity index (χ1v) is 16.0. The first-order valence-electron chi connectivity index (χ1n) is 13.1. The van der Waals surface area contributed by atoms with Crippen LogP contribution >= 0.6 is 0 Å². The van der Waals surface area contributed by atoms with Crippen LogP contribution in [-0.4, -0.2) is 37.0 Å². The van der Waals surface area contributed by atoms with E-state index in [2.05, 4.69) is 88.2 Å². The summed E-state index contributed by atoms with van der Waals surface area (Å²) in [6.07, 6.45) is 8.09. The third-order valence-electron chi connectivity index (χ3n) is 8.12. The van der Waals surface area contributed by atoms with E-state index >= 15 is 0 Å². The molecule has 0 spiro atoms. The highest BCUT2D eigenvalue weighted by atomic mass is 28.4. The molecule has 2 aliphatic rings. The molecule has 4 nitrogen and oxygen atoms in total. The average Bonchev–Trinajstić information content (AvgIpc) is 2.87. The summed E-state index contributed by atoms with van der Waals surface area (Å²) in [6, 6.07) is 10.6. The molecule has 190 valence electrons. The van der Waals surface area contributed by atoms with E-state index in [9.17, 15) is 4.79 Å². The van der Waals surface area contributed by atoms with E-state index in [1.165, 1.54) is 0 Å². The van der Waals surface area contributed by atoms with Crippen molar-refractivity contribution < 1.29 is 14.0 Å². The third-order valence-corrected chi connectivity index (χ3v) is 12.6. The number of allylic oxidation sites excluding steroid dienone is 1. The molecule has 1 amide bonds. The average molecular weight is 486 g/mol. The monoisotopic (exact) mass is 485 g/mol. The van der Waals surface area contributed by atoms with Gasteiger partial charge in [0.1, 0.15) is 5.60 Å². The van der Waals surface area contributed by atoms with Gasteiger partial charge in [0, 0.05) is 6.04 Å². The second kappa shape index (κ2) is 10.2. The zero-order chi connectivity index (χ0) is 25.3. The lowest BCUT2D eigenvalue weighted by atomic mass is 9.79. The van der Waals surface area contributed by atoms with Crippen LogP contribution in [-0.2, 0) is 9.16 Å². The highest BCUT2D eigenvalue weighted by Gasteiger charge is 2.48. The van der Waals surface area contributed by atoms with Gasteiger partial charge >= 0.3 is 6.09 Å². The Hall–Kier alpha value is -1.59. The fraction of sp³-hybridized carbons (Fsp3) is 0.690. The van der Waals surface area contributed by atoms with Gasteiger partial charge in [-0.1, -0.05) is 70.2 Å². The van der Waals surface area contributed by atoms with Crippen LogP contribution < -0.4 is 0 Å². The summed E-state index contributed by atoms with van der Waals surface area (Å²) in [7, 11) is -2.12. The topological polar surface area (TPSA) is 38.8 Å². The van der Waals surface area contributed by atoms with E-state index in [0.717, 1.165) is 31.2 Å². The van der Waals surface area contributed by atoms with Crippen LogP contribution in [0.5, 0.6) is 0 Å². The highest BCUT2D eigenvalue weighted by molar-refractivity contribution is 6.74. The number of hydrogen-bond acceptors (Lipinski definition) is 3. The van der Waals surface area contributed by atoms with Crippen molar-refractivity contribution in [1.29, 1.82) is 0 Å². The molecule has 0 saturated carbocycles. The molecule has 0 N–H and O–H groups in total. The molecule has 5 atom stereocenters. The standard InChI is InChI=1S/C29H47NO3Si/c1-21-19-20-25(26(22-15-11-10-12-16-22)33-34(8,9)29(5,6)7)30(27(31)32-28(2,3)4)24-18-14-13-17-23(21)24/h10-16,21,23-26H,17-20H2,1-9H3/t21-,23?,24?,25+,26+/m0/s1. The minimum Gasteiger partial charge on any atom is -0.444 e. The normalized spacial score (nSPS) is 27.0. The molecular formula is C29H47NO3Si. The summed E-state index contributed by atoms with van der Waals surface area (Å²) in [5.74, 6) is 1.00. The second-order valence-corrected chi connectivity index (χ2v) is 17.6. The van der Waals surface area contributed by atoms with Crippen molar-refractivity contribution in [3.05, 3.63) is 48.0 Å². The van der Waals surface area contributed by atoms with Gasteiger partial charge in [0.15, 0.2) is 8.32 Å². The number of rotatable bonds is 4. The van der Waals surface area contributed by atoms with Gasteiger partial charge < -0.3 is 9.16 Å². The molecule has 0 radical (unpaired) electrons. The number of fused-ring (bicyclic) bond motifs is 1. The van der Waals surface area contributed by atoms with E-state index < -0.39 is 13.9 Å². The molecule has 1 aliphatic carbocycles. The number of ether oxygens (including phenoxy) is 1. The lowest BCUT2D eigenvalue weighted by molar-refractivity contribution is -0.0243. The number of benzene rings is 1. The van der Waals surface area contributed by atoms with Crippen molar-refractivity contribution in [2.45, 2.75) is 116 Å². The first kappa shape index (κ1) is 27.0. The van der Waals surface area contributed by atoms with Crippen LogP contribution in [0.1, 0.15) is 85.8 Å². The van der Waals surface area contributed by atoms with E-state index in [1.807, 2.05) is 20.8 Å². The highest BCUT2D eigenvalue weighted by Crippen LogP contribution is 2.46. The van der Waals surface area contributed by atoms with Crippen LogP contribution in [0.2, 0.25) is 18.1 Å². The molecular weight excluding hydrogens is 438 g/mol. The van der Waals surface area contributed by atoms with Gasteiger partial charge in [0.2, 0.25) is 0 Å². The molecule has 5 heteroatoms. The van der Waals surface area contributed by atoms with Crippen molar-refractivity contribution in [2.24, 2.45) is 11.8 Å². The fourth-order valence-corrected chi connectivity index (χ4v) is 6.45. The smallest absolute Gasteiger partial charge is 0.410 e. The van der Waals surface area contributed by atoms with Crippen molar-refractivity contribution in [3.63, 3.8) is 0 Å². The predicted octanol–water partition coefficient (Wildman–Crippen LogP) is 8.12. The van der Waals surface area contributed by atoms with Crippen molar-refractivity contribution in [2.75, 3.05) is 0 Å². The minimum absolute atomic E-state index is 0.0599. The summed E-state index contributed by atoms with van der Waals surface area (Å²) >= 11 is 0. The van der Waals surface area contributed by atoms with Gasteiger partial charge in [0.25, 0.3) is 0 Å². The van der Waals surface area contributed by atoms with Gasteiger partial charge in [0.05, 0.1) is 12.1 Å². The number of nitrogens with zero attached hydrogens (tertiary/aromatic N) is 1. The summed E-state index contributed by atoms with van der Waals surface area (Å²) in [6.45, 7) is 19.7. The maximum atomic E-state index is 13.9. The summed E-state index contributed by atoms with van der Waals surface area (Å²) < 4.78 is 13.2. The molecule has 34 heavy (non-hydrogen) atoms. The van der Waals surface area contributed by atoms with Crippen molar-refractivity contribution in [1.82, 2.24) is 4.90 Å². The molecule has 3 rings (SSSR count). The molecule has 1 fully saturated rings. The van der Waals surface area contributed by atoms with Crippen LogP contribution in [0.15, 0.2) is 42.5 Å². The Kier molecular flexibility index (Phi) is 8.09. The molecule has 1 aromatic rings. The molecule has 0 bridgehead atoms. The number of amides is 1. The van der Waals surface area contributed by atoms with E-state index in [1.54, 1.807) is 0 Å². The maximum absolute atomic E-state index is 13.9. The molecule has 1 aromatic carbocycles.